The molecule has 0 radical (unpaired) electrons. The van der Waals surface area contributed by atoms with E-state index in [0.717, 1.165) is 5.76 Å². The molecule has 1 heterocycles. The van der Waals surface area contributed by atoms with Gasteiger partial charge in [0.2, 0.25) is 0 Å². The molecule has 6 heavy (non-hydrogen) atoms. The van der Waals surface area contributed by atoms with Crippen molar-refractivity contribution >= 4 is 0 Å². The molecule has 1 heteroatoms. The Labute approximate surface area is 38.0 Å². The van der Waals surface area contributed by atoms with Gasteiger partial charge in [-0.3, -0.25) is 0 Å². The number of hydrogen-bond acceptors (Lipinski definition) is 1. The second kappa shape index (κ2) is 1.17. The molecule has 0 fully saturated rings. The normalized spacial score (nSPS) is 11.0. The van der Waals surface area contributed by atoms with Crippen LogP contribution in [0.5, 0.6) is 0 Å². The molecule has 0 bridgehead atoms. The van der Waals surface area contributed by atoms with E-state index in [1.165, 1.54) is 0 Å². The molecule has 0 aromatic carbocycles. The summed E-state index contributed by atoms with van der Waals surface area (Å²) in [5, 5.41) is 0. The van der Waals surface area contributed by atoms with E-state index < -0.39 is 0 Å². The van der Waals surface area contributed by atoms with Crippen molar-refractivity contribution in [3.05, 3.63) is 24.2 Å². The third-order valence-electron chi connectivity index (χ3n) is 0.580. The minimum absolute atomic E-state index is 0.243. The van der Waals surface area contributed by atoms with E-state index in [-0.39, 0.29) is 6.90 Å². The molecule has 1 aromatic rings. The van der Waals surface area contributed by atoms with Gasteiger partial charge in [0.1, 0.15) is 5.76 Å². The van der Waals surface area contributed by atoms with Crippen LogP contribution in [0.3, 0.4) is 0 Å². The zero-order valence-electron chi connectivity index (χ0n) is 4.35. The lowest BCUT2D eigenvalue weighted by Crippen LogP contribution is -1.48. The fourth-order valence-electron chi connectivity index (χ4n) is 0.313. The van der Waals surface area contributed by atoms with Crippen LogP contribution in [0.2, 0.25) is 0 Å². The quantitative estimate of drug-likeness (QED) is 0.464. The monoisotopic (exact) mass is 83.0 g/mol. The molecule has 0 spiro atoms. The van der Waals surface area contributed by atoms with E-state index in [0.29, 0.717) is 0 Å². The predicted octanol–water partition coefficient (Wildman–Crippen LogP) is 1.59. The van der Waals surface area contributed by atoms with Gasteiger partial charge in [-0.05, 0) is 19.0 Å². The van der Waals surface area contributed by atoms with Crippen molar-refractivity contribution in [2.24, 2.45) is 0 Å². The highest BCUT2D eigenvalue weighted by Gasteiger charge is 1.75. The van der Waals surface area contributed by atoms with Crippen LogP contribution in [0.4, 0.5) is 0 Å². The smallest absolute Gasteiger partial charge is 0.100 e. The Morgan fingerprint density at radius 1 is 2.00 bits per heavy atom. The van der Waals surface area contributed by atoms with Crippen LogP contribution >= 0.6 is 0 Å². The largest absolute Gasteiger partial charge is 0.470 e. The molecule has 0 aliphatic heterocycles. The molecule has 1 aromatic heterocycles. The summed E-state index contributed by atoms with van der Waals surface area (Å²) in [4.78, 5) is 0. The van der Waals surface area contributed by atoms with Crippen molar-refractivity contribution in [1.82, 2.24) is 0 Å². The Morgan fingerprint density at radius 2 is 3.00 bits per heavy atom. The van der Waals surface area contributed by atoms with Crippen molar-refractivity contribution in [1.29, 1.82) is 0 Å². The molecule has 0 aliphatic carbocycles. The van der Waals surface area contributed by atoms with Gasteiger partial charge in [-0.1, -0.05) is 0 Å². The van der Waals surface area contributed by atoms with E-state index in [4.69, 9.17) is 5.79 Å². The van der Waals surface area contributed by atoms with Crippen molar-refractivity contribution in [2.75, 3.05) is 0 Å². The average molecular weight is 83.1 g/mol. The summed E-state index contributed by atoms with van der Waals surface area (Å²) in [6.45, 7) is 0.243. The summed E-state index contributed by atoms with van der Waals surface area (Å²) >= 11 is 0. The van der Waals surface area contributed by atoms with Gasteiger partial charge in [-0.2, -0.15) is 0 Å². The second-order valence-corrected chi connectivity index (χ2v) is 1.08. The third kappa shape index (κ3) is 0.432. The summed E-state index contributed by atoms with van der Waals surface area (Å²) in [5.74, 6) is 0.722. The van der Waals surface area contributed by atoms with E-state index in [1.807, 2.05) is 0 Å². The number of furan rings is 1. The minimum Gasteiger partial charge on any atom is -0.470 e. The molecule has 0 saturated heterocycles. The average Bonchev–Trinajstić information content (AvgIpc) is 2.14. The third-order valence-corrected chi connectivity index (χ3v) is 0.580. The van der Waals surface area contributed by atoms with Crippen molar-refractivity contribution in [2.45, 2.75) is 6.90 Å². The van der Waals surface area contributed by atoms with Crippen molar-refractivity contribution in [3.8, 4) is 0 Å². The maximum Gasteiger partial charge on any atom is 0.100 e. The first kappa shape index (κ1) is 2.45. The minimum atomic E-state index is 0.243. The SMILES string of the molecule is [2H]Cc1ccco1. The summed E-state index contributed by atoms with van der Waals surface area (Å²) < 4.78 is 11.6. The molecule has 1 rings (SSSR count). The maximum atomic E-state index is 6.77. The lowest BCUT2D eigenvalue weighted by Gasteiger charge is -1.69. The van der Waals surface area contributed by atoms with E-state index in [1.54, 1.807) is 18.4 Å². The number of hydrogen-bond donors (Lipinski definition) is 0. The van der Waals surface area contributed by atoms with Crippen LogP contribution in [0, 0.1) is 6.90 Å². The molecule has 0 amide bonds. The fourth-order valence-corrected chi connectivity index (χ4v) is 0.313. The Kier molecular flexibility index (Phi) is 0.477. The predicted molar refractivity (Wildman–Crippen MR) is 23.4 cm³/mol. The summed E-state index contributed by atoms with van der Waals surface area (Å²) in [7, 11) is 0. The molecule has 32 valence electrons. The van der Waals surface area contributed by atoms with Gasteiger partial charge in [-0.15, -0.1) is 0 Å². The molecule has 0 atom stereocenters. The van der Waals surface area contributed by atoms with E-state index >= 15 is 0 Å². The van der Waals surface area contributed by atoms with E-state index in [2.05, 4.69) is 0 Å². The Bertz CT molecular complexity index is 123. The number of aryl methyl sites for hydroxylation is 1. The van der Waals surface area contributed by atoms with Crippen LogP contribution < -0.4 is 0 Å². The van der Waals surface area contributed by atoms with Gasteiger partial charge in [0.05, 0.1) is 6.26 Å². The molecule has 0 unspecified atom stereocenters. The molecular weight excluding hydrogens is 76.1 g/mol. The first-order valence-electron chi connectivity index (χ1n) is 2.46. The lowest BCUT2D eigenvalue weighted by molar-refractivity contribution is 0.534. The number of rotatable bonds is 0. The summed E-state index contributed by atoms with van der Waals surface area (Å²) in [6, 6.07) is 3.57. The Morgan fingerprint density at radius 3 is 3.33 bits per heavy atom. The zero-order chi connectivity index (χ0) is 5.11. The fraction of sp³-hybridized carbons (Fsp3) is 0.200. The van der Waals surface area contributed by atoms with Gasteiger partial charge in [0.25, 0.3) is 0 Å². The topological polar surface area (TPSA) is 13.1 Å². The van der Waals surface area contributed by atoms with Crippen molar-refractivity contribution in [3.63, 3.8) is 0 Å². The summed E-state index contributed by atoms with van der Waals surface area (Å²) in [6.07, 6.45) is 1.57. The van der Waals surface area contributed by atoms with Gasteiger partial charge >= 0.3 is 0 Å². The first-order valence-corrected chi connectivity index (χ1v) is 1.75. The second-order valence-electron chi connectivity index (χ2n) is 1.08. The highest BCUT2D eigenvalue weighted by molar-refractivity contribution is 4.93. The molecular formula is C5H6O. The first-order chi connectivity index (χ1) is 3.43. The Balaban J connectivity index is 2.76. The molecule has 0 aliphatic rings. The zero-order valence-corrected chi connectivity index (χ0v) is 3.35. The van der Waals surface area contributed by atoms with E-state index in [9.17, 15) is 0 Å². The van der Waals surface area contributed by atoms with Gasteiger partial charge in [0, 0.05) is 1.37 Å². The molecule has 1 nitrogen and oxygen atoms in total. The Hall–Kier alpha value is -0.720. The standard InChI is InChI=1S/C5H6O/c1-5-3-2-4-6-5/h2-4H,1H3/i1D. The van der Waals surface area contributed by atoms with Gasteiger partial charge in [-0.25, -0.2) is 0 Å². The highest BCUT2D eigenvalue weighted by Crippen LogP contribution is 1.93. The van der Waals surface area contributed by atoms with Crippen molar-refractivity contribution < 1.29 is 5.79 Å². The van der Waals surface area contributed by atoms with Crippen LogP contribution in [0.25, 0.3) is 0 Å². The highest BCUT2D eigenvalue weighted by atomic mass is 16.3. The lowest BCUT2D eigenvalue weighted by atomic mass is 10.5. The molecule has 0 saturated carbocycles. The summed E-state index contributed by atoms with van der Waals surface area (Å²) in [5.41, 5.74) is 0. The van der Waals surface area contributed by atoms with Gasteiger partial charge in [0.15, 0.2) is 0 Å². The van der Waals surface area contributed by atoms with Crippen LogP contribution in [0.15, 0.2) is 22.8 Å². The van der Waals surface area contributed by atoms with Crippen LogP contribution in [-0.4, -0.2) is 0 Å². The van der Waals surface area contributed by atoms with Crippen LogP contribution in [-0.2, 0) is 0 Å². The molecule has 0 N–H and O–H groups in total. The van der Waals surface area contributed by atoms with Gasteiger partial charge < -0.3 is 4.42 Å². The van der Waals surface area contributed by atoms with Crippen LogP contribution in [0.1, 0.15) is 7.13 Å². The maximum absolute atomic E-state index is 6.77.